The maximum Gasteiger partial charge on any atom is 0.325 e. The molecule has 9 nitrogen and oxygen atoms in total. The maximum absolute atomic E-state index is 12.4. The molecule has 0 radical (unpaired) electrons. The number of rotatable bonds is 7. The summed E-state index contributed by atoms with van der Waals surface area (Å²) in [5.41, 5.74) is -0.0153. The minimum absolute atomic E-state index is 0.126. The zero-order valence-electron chi connectivity index (χ0n) is 13.9. The summed E-state index contributed by atoms with van der Waals surface area (Å²) in [5, 5.41) is 7.00. The quantitative estimate of drug-likeness (QED) is 0.557. The number of hydrogen-bond acceptors (Lipinski definition) is 5. The Morgan fingerprint density at radius 2 is 2.04 bits per heavy atom. The van der Waals surface area contributed by atoms with Gasteiger partial charge in [-0.3, -0.25) is 19.3 Å². The van der Waals surface area contributed by atoms with Crippen molar-refractivity contribution in [3.8, 4) is 0 Å². The second-order valence-corrected chi connectivity index (χ2v) is 5.75. The number of nitrogens with zero attached hydrogens (tertiary/aromatic N) is 3. The minimum atomic E-state index is -0.603. The number of aromatic nitrogens is 5. The van der Waals surface area contributed by atoms with Crippen LogP contribution in [0.5, 0.6) is 0 Å². The lowest BCUT2D eigenvalue weighted by Crippen LogP contribution is -2.33. The number of amides is 1. The summed E-state index contributed by atoms with van der Waals surface area (Å²) in [4.78, 5) is 43.6. The number of aryl methyl sites for hydroxylation is 1. The van der Waals surface area contributed by atoms with Gasteiger partial charge in [-0.15, -0.1) is 0 Å². The van der Waals surface area contributed by atoms with E-state index in [1.807, 2.05) is 30.3 Å². The van der Waals surface area contributed by atoms with Crippen molar-refractivity contribution in [1.82, 2.24) is 30.0 Å². The largest absolute Gasteiger partial charge is 0.349 e. The second-order valence-electron chi connectivity index (χ2n) is 5.75. The fourth-order valence-electron chi connectivity index (χ4n) is 2.60. The van der Waals surface area contributed by atoms with Crippen LogP contribution in [-0.2, 0) is 17.8 Å². The van der Waals surface area contributed by atoms with Gasteiger partial charge in [0.15, 0.2) is 0 Å². The van der Waals surface area contributed by atoms with Crippen LogP contribution >= 0.6 is 0 Å². The average molecular weight is 354 g/mol. The molecule has 0 saturated carbocycles. The fraction of sp³-hybridized carbons (Fsp3) is 0.235. The molecule has 2 heterocycles. The van der Waals surface area contributed by atoms with Gasteiger partial charge >= 0.3 is 5.69 Å². The molecule has 134 valence electrons. The van der Waals surface area contributed by atoms with Gasteiger partial charge in [0.25, 0.3) is 5.56 Å². The van der Waals surface area contributed by atoms with Crippen molar-refractivity contribution in [2.75, 3.05) is 0 Å². The first-order valence-corrected chi connectivity index (χ1v) is 8.09. The highest BCUT2D eigenvalue weighted by Gasteiger charge is 2.16. The Kier molecular flexibility index (Phi) is 5.37. The number of benzene rings is 1. The van der Waals surface area contributed by atoms with Crippen LogP contribution in [0, 0.1) is 0 Å². The monoisotopic (exact) mass is 354 g/mol. The first kappa shape index (κ1) is 17.3. The van der Waals surface area contributed by atoms with E-state index in [0.29, 0.717) is 13.0 Å². The van der Waals surface area contributed by atoms with E-state index >= 15 is 0 Å². The van der Waals surface area contributed by atoms with Crippen molar-refractivity contribution in [1.29, 1.82) is 0 Å². The lowest BCUT2D eigenvalue weighted by molar-refractivity contribution is -0.121. The molecule has 0 bridgehead atoms. The Morgan fingerprint density at radius 1 is 1.23 bits per heavy atom. The van der Waals surface area contributed by atoms with Gasteiger partial charge in [-0.1, -0.05) is 30.3 Å². The van der Waals surface area contributed by atoms with E-state index in [9.17, 15) is 14.4 Å². The van der Waals surface area contributed by atoms with Crippen LogP contribution in [0.15, 0.2) is 58.8 Å². The summed E-state index contributed by atoms with van der Waals surface area (Å²) in [6.07, 6.45) is 4.82. The number of hydrogen-bond donors (Lipinski definition) is 3. The van der Waals surface area contributed by atoms with Crippen LogP contribution in [0.4, 0.5) is 0 Å². The standard InChI is InChI=1S/C17H18N6O3/c24-15(8-13-9-19-17(26)22-16(13)25)21-14(12-4-2-1-3-5-12)6-7-23-11-18-10-20-23/h1-5,9-11,14H,6-8H2,(H,21,24)(H2,19,22,25,26)/t14-/m0/s1. The van der Waals surface area contributed by atoms with Crippen LogP contribution in [0.3, 0.4) is 0 Å². The van der Waals surface area contributed by atoms with Crippen LogP contribution in [0.2, 0.25) is 0 Å². The predicted molar refractivity (Wildman–Crippen MR) is 93.4 cm³/mol. The highest BCUT2D eigenvalue weighted by Crippen LogP contribution is 2.17. The molecule has 2 aromatic heterocycles. The van der Waals surface area contributed by atoms with Crippen LogP contribution < -0.4 is 16.6 Å². The minimum Gasteiger partial charge on any atom is -0.349 e. The van der Waals surface area contributed by atoms with Crippen molar-refractivity contribution in [2.45, 2.75) is 25.4 Å². The lowest BCUT2D eigenvalue weighted by Gasteiger charge is -2.19. The van der Waals surface area contributed by atoms with Crippen LogP contribution in [-0.4, -0.2) is 30.6 Å². The third kappa shape index (κ3) is 4.53. The van der Waals surface area contributed by atoms with E-state index in [4.69, 9.17) is 0 Å². The number of aromatic amines is 2. The molecule has 1 aromatic carbocycles. The summed E-state index contributed by atoms with van der Waals surface area (Å²) in [6, 6.07) is 9.32. The SMILES string of the molecule is O=C(Cc1c[nH]c(=O)[nH]c1=O)N[C@@H](CCn1cncn1)c1ccccc1. The van der Waals surface area contributed by atoms with E-state index in [1.54, 1.807) is 11.0 Å². The van der Waals surface area contributed by atoms with E-state index in [0.717, 1.165) is 5.56 Å². The van der Waals surface area contributed by atoms with Gasteiger partial charge in [0.1, 0.15) is 12.7 Å². The molecule has 0 aliphatic rings. The third-order valence-electron chi connectivity index (χ3n) is 3.90. The van der Waals surface area contributed by atoms with E-state index < -0.39 is 11.2 Å². The molecule has 3 aromatic rings. The summed E-state index contributed by atoms with van der Waals surface area (Å²) >= 11 is 0. The Labute approximate surface area is 148 Å². The number of carbonyl (C=O) groups excluding carboxylic acids is 1. The van der Waals surface area contributed by atoms with Gasteiger partial charge in [0, 0.05) is 18.3 Å². The third-order valence-corrected chi connectivity index (χ3v) is 3.90. The van der Waals surface area contributed by atoms with Crippen molar-refractivity contribution in [3.05, 3.63) is 81.1 Å². The molecular weight excluding hydrogens is 336 g/mol. The number of carbonyl (C=O) groups is 1. The summed E-state index contributed by atoms with van der Waals surface area (Å²) < 4.78 is 1.69. The molecule has 0 fully saturated rings. The molecule has 3 N–H and O–H groups in total. The van der Waals surface area contributed by atoms with Gasteiger partial charge in [-0.25, -0.2) is 9.78 Å². The van der Waals surface area contributed by atoms with Crippen molar-refractivity contribution >= 4 is 5.91 Å². The summed E-state index contributed by atoms with van der Waals surface area (Å²) in [6.45, 7) is 0.582. The van der Waals surface area contributed by atoms with Crippen LogP contribution in [0.1, 0.15) is 23.6 Å². The van der Waals surface area contributed by atoms with Gasteiger partial charge in [0.05, 0.1) is 12.5 Å². The molecule has 0 aliphatic carbocycles. The van der Waals surface area contributed by atoms with E-state index in [-0.39, 0.29) is 23.9 Å². The Hall–Kier alpha value is -3.49. The van der Waals surface area contributed by atoms with Crippen molar-refractivity contribution in [3.63, 3.8) is 0 Å². The Balaban J connectivity index is 1.70. The van der Waals surface area contributed by atoms with Gasteiger partial charge in [-0.2, -0.15) is 5.10 Å². The van der Waals surface area contributed by atoms with Crippen molar-refractivity contribution < 1.29 is 4.79 Å². The van der Waals surface area contributed by atoms with Gasteiger partial charge in [-0.05, 0) is 12.0 Å². The maximum atomic E-state index is 12.4. The smallest absolute Gasteiger partial charge is 0.325 e. The molecule has 1 amide bonds. The molecular formula is C17H18N6O3. The zero-order chi connectivity index (χ0) is 18.4. The summed E-state index contributed by atoms with van der Waals surface area (Å²) in [5.74, 6) is -0.310. The summed E-state index contributed by atoms with van der Waals surface area (Å²) in [7, 11) is 0. The molecule has 3 rings (SSSR count). The highest BCUT2D eigenvalue weighted by atomic mass is 16.2. The predicted octanol–water partition coefficient (Wildman–Crippen LogP) is 0.145. The van der Waals surface area contributed by atoms with E-state index in [2.05, 4.69) is 25.4 Å². The zero-order valence-corrected chi connectivity index (χ0v) is 13.9. The Bertz CT molecular complexity index is 962. The second kappa shape index (κ2) is 8.06. The molecule has 0 aliphatic heterocycles. The first-order chi connectivity index (χ1) is 12.6. The molecule has 0 spiro atoms. The topological polar surface area (TPSA) is 126 Å². The van der Waals surface area contributed by atoms with Gasteiger partial charge < -0.3 is 10.3 Å². The number of nitrogens with one attached hydrogen (secondary N) is 3. The molecule has 26 heavy (non-hydrogen) atoms. The normalized spacial score (nSPS) is 11.8. The molecule has 1 atom stereocenters. The fourth-order valence-corrected chi connectivity index (χ4v) is 2.60. The van der Waals surface area contributed by atoms with E-state index in [1.165, 1.54) is 12.5 Å². The molecule has 0 saturated heterocycles. The first-order valence-electron chi connectivity index (χ1n) is 8.09. The van der Waals surface area contributed by atoms with Gasteiger partial charge in [0.2, 0.25) is 5.91 Å². The number of H-pyrrole nitrogens is 2. The molecule has 0 unspecified atom stereocenters. The Morgan fingerprint density at radius 3 is 2.73 bits per heavy atom. The lowest BCUT2D eigenvalue weighted by atomic mass is 10.0. The van der Waals surface area contributed by atoms with Crippen molar-refractivity contribution in [2.24, 2.45) is 0 Å². The average Bonchev–Trinajstić information content (AvgIpc) is 3.15. The highest BCUT2D eigenvalue weighted by molar-refractivity contribution is 5.78. The molecule has 9 heteroatoms. The van der Waals surface area contributed by atoms with Crippen LogP contribution in [0.25, 0.3) is 0 Å².